The van der Waals surface area contributed by atoms with Gasteiger partial charge in [-0.25, -0.2) is 0 Å². The lowest BCUT2D eigenvalue weighted by molar-refractivity contribution is -0.154. The highest BCUT2D eigenvalue weighted by atomic mass is 79.9. The molecule has 8 nitrogen and oxygen atoms in total. The standard InChI is InChI=1S/C24H37BrN2O6/c1-4-7-8-12-26(11-5-2)22(30)20-24-15-16(25)19(33-24)17(23(31)32-6-3)18(24)21(29)27(20)13-9-10-14-28/h5,16-20,28H,2,4,6-15H2,1,3H3/t16?,17-,18+,19-,20?,24?/m1/s1. The highest BCUT2D eigenvalue weighted by molar-refractivity contribution is 9.09. The number of esters is 1. The number of carbonyl (C=O) groups is 3. The van der Waals surface area contributed by atoms with E-state index in [0.29, 0.717) is 38.9 Å². The molecule has 1 N–H and O–H groups in total. The third kappa shape index (κ3) is 4.73. The van der Waals surface area contributed by atoms with E-state index in [1.54, 1.807) is 22.8 Å². The number of halogens is 1. The Labute approximate surface area is 204 Å². The minimum absolute atomic E-state index is 0.0162. The van der Waals surface area contributed by atoms with Crippen LogP contribution >= 0.6 is 15.9 Å². The highest BCUT2D eigenvalue weighted by Gasteiger charge is 2.76. The molecule has 3 heterocycles. The number of ether oxygens (including phenoxy) is 2. The van der Waals surface area contributed by atoms with Crippen LogP contribution in [0.25, 0.3) is 0 Å². The van der Waals surface area contributed by atoms with Gasteiger partial charge in [-0.1, -0.05) is 41.8 Å². The molecular weight excluding hydrogens is 492 g/mol. The van der Waals surface area contributed by atoms with Crippen molar-refractivity contribution in [1.29, 1.82) is 0 Å². The molecule has 0 aromatic carbocycles. The molecule has 3 aliphatic rings. The Morgan fingerprint density at radius 3 is 2.73 bits per heavy atom. The summed E-state index contributed by atoms with van der Waals surface area (Å²) in [5.74, 6) is -2.29. The summed E-state index contributed by atoms with van der Waals surface area (Å²) in [6.07, 6.45) is 5.69. The van der Waals surface area contributed by atoms with Crippen molar-refractivity contribution in [2.24, 2.45) is 11.8 Å². The van der Waals surface area contributed by atoms with Gasteiger partial charge >= 0.3 is 5.97 Å². The number of unbranched alkanes of at least 4 members (excludes halogenated alkanes) is 3. The van der Waals surface area contributed by atoms with Crippen molar-refractivity contribution in [3.8, 4) is 0 Å². The van der Waals surface area contributed by atoms with E-state index in [0.717, 1.165) is 19.3 Å². The number of carbonyl (C=O) groups excluding carboxylic acids is 3. The number of alkyl halides is 1. The van der Waals surface area contributed by atoms with Gasteiger partial charge in [0.15, 0.2) is 0 Å². The number of hydrogen-bond acceptors (Lipinski definition) is 6. The Morgan fingerprint density at radius 2 is 2.09 bits per heavy atom. The number of nitrogens with zero attached hydrogens (tertiary/aromatic N) is 2. The van der Waals surface area contributed by atoms with E-state index in [-0.39, 0.29) is 29.9 Å². The first-order chi connectivity index (χ1) is 15.9. The van der Waals surface area contributed by atoms with Gasteiger partial charge in [0.1, 0.15) is 11.6 Å². The van der Waals surface area contributed by atoms with Gasteiger partial charge in [0.2, 0.25) is 11.8 Å². The molecule has 3 rings (SSSR count). The Balaban J connectivity index is 1.98. The fourth-order valence-corrected chi connectivity index (χ4v) is 6.67. The Kier molecular flexibility index (Phi) is 8.97. The second-order valence-electron chi connectivity index (χ2n) is 9.16. The summed E-state index contributed by atoms with van der Waals surface area (Å²) < 4.78 is 11.7. The molecule has 0 radical (unpaired) electrons. The summed E-state index contributed by atoms with van der Waals surface area (Å²) in [6, 6.07) is -0.806. The fourth-order valence-electron chi connectivity index (χ4n) is 5.72. The molecule has 186 valence electrons. The zero-order valence-corrected chi connectivity index (χ0v) is 21.3. The van der Waals surface area contributed by atoms with Crippen molar-refractivity contribution in [3.63, 3.8) is 0 Å². The molecule has 3 saturated heterocycles. The molecule has 6 atom stereocenters. The number of aliphatic hydroxyl groups is 1. The first-order valence-corrected chi connectivity index (χ1v) is 13.1. The molecule has 3 aliphatic heterocycles. The molecule has 0 aliphatic carbocycles. The number of rotatable bonds is 13. The topological polar surface area (TPSA) is 96.4 Å². The van der Waals surface area contributed by atoms with Gasteiger partial charge in [-0.2, -0.15) is 0 Å². The van der Waals surface area contributed by atoms with Crippen LogP contribution in [0.15, 0.2) is 12.7 Å². The summed E-state index contributed by atoms with van der Waals surface area (Å²) in [5.41, 5.74) is -1.06. The lowest BCUT2D eigenvalue weighted by atomic mass is 9.70. The minimum atomic E-state index is -1.06. The monoisotopic (exact) mass is 528 g/mol. The van der Waals surface area contributed by atoms with Crippen LogP contribution in [-0.4, -0.2) is 88.1 Å². The molecule has 1 spiro atoms. The first-order valence-electron chi connectivity index (χ1n) is 12.2. The van der Waals surface area contributed by atoms with Crippen LogP contribution in [0.4, 0.5) is 0 Å². The van der Waals surface area contributed by atoms with Crippen LogP contribution in [0.3, 0.4) is 0 Å². The van der Waals surface area contributed by atoms with Crippen LogP contribution in [-0.2, 0) is 23.9 Å². The zero-order chi connectivity index (χ0) is 24.2. The van der Waals surface area contributed by atoms with Gasteiger partial charge in [0.05, 0.1) is 24.5 Å². The summed E-state index contributed by atoms with van der Waals surface area (Å²) in [6.45, 7) is 9.20. The number of hydrogen-bond donors (Lipinski definition) is 1. The Morgan fingerprint density at radius 1 is 1.33 bits per heavy atom. The van der Waals surface area contributed by atoms with Crippen LogP contribution in [0.1, 0.15) is 52.4 Å². The maximum atomic E-state index is 14.0. The molecule has 2 bridgehead atoms. The lowest BCUT2D eigenvalue weighted by Crippen LogP contribution is -2.57. The Bertz CT molecular complexity index is 748. The van der Waals surface area contributed by atoms with E-state index < -0.39 is 35.6 Å². The maximum absolute atomic E-state index is 14.0. The van der Waals surface area contributed by atoms with E-state index in [2.05, 4.69) is 29.4 Å². The fraction of sp³-hybridized carbons (Fsp3) is 0.792. The third-order valence-corrected chi connectivity index (χ3v) is 7.93. The molecule has 0 saturated carbocycles. The van der Waals surface area contributed by atoms with E-state index >= 15 is 0 Å². The molecule has 2 amide bonds. The van der Waals surface area contributed by atoms with Gasteiger partial charge in [0, 0.05) is 31.1 Å². The maximum Gasteiger partial charge on any atom is 0.312 e. The molecular formula is C24H37BrN2O6. The van der Waals surface area contributed by atoms with E-state index in [1.807, 2.05) is 0 Å². The summed E-state index contributed by atoms with van der Waals surface area (Å²) in [5, 5.41) is 9.25. The number of aliphatic hydroxyl groups excluding tert-OH is 1. The molecule has 0 aromatic rings. The van der Waals surface area contributed by atoms with Gasteiger partial charge in [0.25, 0.3) is 0 Å². The van der Waals surface area contributed by atoms with Crippen LogP contribution < -0.4 is 0 Å². The highest BCUT2D eigenvalue weighted by Crippen LogP contribution is 2.60. The van der Waals surface area contributed by atoms with Gasteiger partial charge in [-0.3, -0.25) is 14.4 Å². The van der Waals surface area contributed by atoms with E-state index in [4.69, 9.17) is 9.47 Å². The predicted molar refractivity (Wildman–Crippen MR) is 127 cm³/mol. The van der Waals surface area contributed by atoms with Gasteiger partial charge in [-0.15, -0.1) is 6.58 Å². The van der Waals surface area contributed by atoms with E-state index in [9.17, 15) is 19.5 Å². The summed E-state index contributed by atoms with van der Waals surface area (Å²) in [7, 11) is 0. The zero-order valence-electron chi connectivity index (χ0n) is 19.7. The third-order valence-electron chi connectivity index (χ3n) is 7.08. The van der Waals surface area contributed by atoms with Crippen molar-refractivity contribution in [1.82, 2.24) is 9.80 Å². The normalized spacial score (nSPS) is 32.2. The molecule has 33 heavy (non-hydrogen) atoms. The Hall–Kier alpha value is -1.45. The number of fused-ring (bicyclic) bond motifs is 1. The minimum Gasteiger partial charge on any atom is -0.466 e. The number of amides is 2. The summed E-state index contributed by atoms with van der Waals surface area (Å²) >= 11 is 3.65. The summed E-state index contributed by atoms with van der Waals surface area (Å²) in [4.78, 5) is 43.8. The number of likely N-dealkylation sites (tertiary alicyclic amines) is 1. The average Bonchev–Trinajstić information content (AvgIpc) is 3.37. The van der Waals surface area contributed by atoms with Crippen LogP contribution in [0, 0.1) is 11.8 Å². The molecule has 3 fully saturated rings. The second kappa shape index (κ2) is 11.3. The second-order valence-corrected chi connectivity index (χ2v) is 10.3. The van der Waals surface area contributed by atoms with Crippen LogP contribution in [0.2, 0.25) is 0 Å². The van der Waals surface area contributed by atoms with E-state index in [1.165, 1.54) is 0 Å². The predicted octanol–water partition coefficient (Wildman–Crippen LogP) is 2.27. The van der Waals surface area contributed by atoms with Crippen molar-refractivity contribution in [3.05, 3.63) is 12.7 Å². The van der Waals surface area contributed by atoms with Gasteiger partial charge in [-0.05, 0) is 32.6 Å². The van der Waals surface area contributed by atoms with Crippen molar-refractivity contribution in [2.45, 2.75) is 74.9 Å². The smallest absolute Gasteiger partial charge is 0.312 e. The first kappa shape index (κ1) is 26.2. The van der Waals surface area contributed by atoms with Gasteiger partial charge < -0.3 is 24.4 Å². The largest absolute Gasteiger partial charge is 0.466 e. The molecule has 3 unspecified atom stereocenters. The molecule has 0 aromatic heterocycles. The quantitative estimate of drug-likeness (QED) is 0.170. The molecule has 9 heteroatoms. The van der Waals surface area contributed by atoms with Crippen molar-refractivity contribution in [2.75, 3.05) is 32.8 Å². The van der Waals surface area contributed by atoms with Crippen molar-refractivity contribution >= 4 is 33.7 Å². The van der Waals surface area contributed by atoms with Crippen molar-refractivity contribution < 1.29 is 29.0 Å². The lowest BCUT2D eigenvalue weighted by Gasteiger charge is -2.37. The van der Waals surface area contributed by atoms with Crippen LogP contribution in [0.5, 0.6) is 0 Å². The SMILES string of the molecule is C=CCN(CCCCC)C(=O)C1N(CCCCO)C(=O)[C@@H]2[C@@H](C(=O)OCC)[C@@H]3OC12CC3Br. The average molecular weight is 529 g/mol.